The lowest BCUT2D eigenvalue weighted by molar-refractivity contribution is 0.395. The highest BCUT2D eigenvalue weighted by Crippen LogP contribution is 2.39. The fourth-order valence-corrected chi connectivity index (χ4v) is 2.20. The molecule has 0 unspecified atom stereocenters. The summed E-state index contributed by atoms with van der Waals surface area (Å²) in [6.45, 7) is 0.647. The summed E-state index contributed by atoms with van der Waals surface area (Å²) < 4.78 is 10.6. The Hall–Kier alpha value is -2.30. The summed E-state index contributed by atoms with van der Waals surface area (Å²) in [6.07, 6.45) is 2.33. The van der Waals surface area contributed by atoms with Gasteiger partial charge in [-0.1, -0.05) is 18.2 Å². The summed E-state index contributed by atoms with van der Waals surface area (Å²) in [7, 11) is 3.31. The molecule has 110 valence electrons. The number of nitrogens with one attached hydrogen (secondary N) is 1. The quantitative estimate of drug-likeness (QED) is 0.884. The number of para-hydroxylation sites is 1. The summed E-state index contributed by atoms with van der Waals surface area (Å²) in [5.74, 6) is 3.63. The lowest BCUT2D eigenvalue weighted by Gasteiger charge is -2.11. The van der Waals surface area contributed by atoms with E-state index in [2.05, 4.69) is 15.3 Å². The molecule has 1 heterocycles. The maximum atomic E-state index is 5.35. The van der Waals surface area contributed by atoms with E-state index in [1.54, 1.807) is 14.2 Å². The Morgan fingerprint density at radius 3 is 2.67 bits per heavy atom. The monoisotopic (exact) mass is 285 g/mol. The highest BCUT2D eigenvalue weighted by atomic mass is 16.5. The first-order chi connectivity index (χ1) is 10.3. The van der Waals surface area contributed by atoms with Crippen LogP contribution < -0.4 is 14.8 Å². The Morgan fingerprint density at radius 2 is 1.95 bits per heavy atom. The number of hydrogen-bond acceptors (Lipinski definition) is 5. The summed E-state index contributed by atoms with van der Waals surface area (Å²) in [4.78, 5) is 8.98. The van der Waals surface area contributed by atoms with Crippen molar-refractivity contribution in [2.45, 2.75) is 25.3 Å². The van der Waals surface area contributed by atoms with Crippen LogP contribution in [0.2, 0.25) is 0 Å². The van der Waals surface area contributed by atoms with Crippen molar-refractivity contribution in [1.82, 2.24) is 9.97 Å². The summed E-state index contributed by atoms with van der Waals surface area (Å²) >= 11 is 0. The molecule has 0 bridgehead atoms. The number of methoxy groups -OCH3 is 2. The smallest absolute Gasteiger partial charge is 0.218 e. The van der Waals surface area contributed by atoms with Crippen LogP contribution in [-0.4, -0.2) is 24.2 Å². The van der Waals surface area contributed by atoms with Crippen molar-refractivity contribution in [1.29, 1.82) is 0 Å². The van der Waals surface area contributed by atoms with Crippen molar-refractivity contribution in [3.63, 3.8) is 0 Å². The van der Waals surface area contributed by atoms with Crippen LogP contribution in [0.25, 0.3) is 0 Å². The Morgan fingerprint density at radius 1 is 1.14 bits per heavy atom. The maximum absolute atomic E-state index is 5.35. The van der Waals surface area contributed by atoms with Crippen molar-refractivity contribution in [3.8, 4) is 11.6 Å². The zero-order valence-corrected chi connectivity index (χ0v) is 12.3. The van der Waals surface area contributed by atoms with Crippen LogP contribution in [0.3, 0.4) is 0 Å². The van der Waals surface area contributed by atoms with Crippen LogP contribution in [0.5, 0.6) is 11.6 Å². The molecule has 1 aliphatic carbocycles. The second kappa shape index (κ2) is 5.99. The molecular weight excluding hydrogens is 266 g/mol. The predicted octanol–water partition coefficient (Wildman–Crippen LogP) is 2.98. The van der Waals surface area contributed by atoms with E-state index in [0.29, 0.717) is 18.3 Å². The van der Waals surface area contributed by atoms with Gasteiger partial charge in [0.05, 0.1) is 14.2 Å². The van der Waals surface area contributed by atoms with Crippen LogP contribution in [0.15, 0.2) is 30.3 Å². The average Bonchev–Trinajstić information content (AvgIpc) is 3.37. The minimum Gasteiger partial charge on any atom is -0.496 e. The average molecular weight is 285 g/mol. The van der Waals surface area contributed by atoms with E-state index in [1.807, 2.05) is 30.3 Å². The van der Waals surface area contributed by atoms with E-state index in [9.17, 15) is 0 Å². The Kier molecular flexibility index (Phi) is 3.90. The van der Waals surface area contributed by atoms with Crippen LogP contribution in [-0.2, 0) is 6.54 Å². The normalized spacial score (nSPS) is 13.8. The van der Waals surface area contributed by atoms with Crippen molar-refractivity contribution in [2.75, 3.05) is 19.5 Å². The molecule has 0 spiro atoms. The molecule has 0 aliphatic heterocycles. The van der Waals surface area contributed by atoms with Gasteiger partial charge in [0, 0.05) is 24.1 Å². The lowest BCUT2D eigenvalue weighted by Crippen LogP contribution is -2.06. The van der Waals surface area contributed by atoms with E-state index in [4.69, 9.17) is 9.47 Å². The van der Waals surface area contributed by atoms with E-state index in [1.165, 1.54) is 12.8 Å². The molecule has 0 radical (unpaired) electrons. The standard InChI is InChI=1S/C16H19N3O2/c1-20-13-6-4-3-5-12(13)10-17-14-9-15(21-2)19-16(18-14)11-7-8-11/h3-6,9,11H,7-8,10H2,1-2H3,(H,17,18,19). The Balaban J connectivity index is 1.76. The molecule has 1 aliphatic rings. The molecule has 1 N–H and O–H groups in total. The molecule has 21 heavy (non-hydrogen) atoms. The van der Waals surface area contributed by atoms with Gasteiger partial charge in [0.2, 0.25) is 5.88 Å². The minimum atomic E-state index is 0.493. The number of anilines is 1. The Bertz CT molecular complexity index is 627. The largest absolute Gasteiger partial charge is 0.496 e. The summed E-state index contributed by atoms with van der Waals surface area (Å²) in [6, 6.07) is 9.76. The number of nitrogens with zero attached hydrogens (tertiary/aromatic N) is 2. The minimum absolute atomic E-state index is 0.493. The third kappa shape index (κ3) is 3.24. The molecule has 2 aromatic rings. The molecular formula is C16H19N3O2. The van der Waals surface area contributed by atoms with Gasteiger partial charge in [0.15, 0.2) is 0 Å². The van der Waals surface area contributed by atoms with E-state index >= 15 is 0 Å². The SMILES string of the molecule is COc1cc(NCc2ccccc2OC)nc(C2CC2)n1. The van der Waals surface area contributed by atoms with Gasteiger partial charge in [-0.15, -0.1) is 0 Å². The maximum Gasteiger partial charge on any atom is 0.218 e. The van der Waals surface area contributed by atoms with E-state index < -0.39 is 0 Å². The summed E-state index contributed by atoms with van der Waals surface area (Å²) in [5.41, 5.74) is 1.09. The number of benzene rings is 1. The van der Waals surface area contributed by atoms with Gasteiger partial charge in [-0.3, -0.25) is 0 Å². The van der Waals surface area contributed by atoms with Gasteiger partial charge >= 0.3 is 0 Å². The molecule has 5 heteroatoms. The lowest BCUT2D eigenvalue weighted by atomic mass is 10.2. The molecule has 0 saturated heterocycles. The van der Waals surface area contributed by atoms with Crippen LogP contribution in [0.4, 0.5) is 5.82 Å². The first-order valence-corrected chi connectivity index (χ1v) is 7.09. The predicted molar refractivity (Wildman–Crippen MR) is 80.9 cm³/mol. The van der Waals surface area contributed by atoms with Crippen molar-refractivity contribution in [2.24, 2.45) is 0 Å². The van der Waals surface area contributed by atoms with Gasteiger partial charge in [-0.05, 0) is 18.9 Å². The molecule has 1 fully saturated rings. The van der Waals surface area contributed by atoms with Crippen molar-refractivity contribution in [3.05, 3.63) is 41.7 Å². The second-order valence-electron chi connectivity index (χ2n) is 5.09. The molecule has 1 aromatic heterocycles. The second-order valence-corrected chi connectivity index (χ2v) is 5.09. The fourth-order valence-electron chi connectivity index (χ4n) is 2.20. The third-order valence-corrected chi connectivity index (χ3v) is 3.52. The van der Waals surface area contributed by atoms with Gasteiger partial charge in [0.1, 0.15) is 17.4 Å². The molecule has 5 nitrogen and oxygen atoms in total. The zero-order chi connectivity index (χ0) is 14.7. The number of aromatic nitrogens is 2. The van der Waals surface area contributed by atoms with Gasteiger partial charge in [-0.25, -0.2) is 4.98 Å². The van der Waals surface area contributed by atoms with Crippen LogP contribution in [0.1, 0.15) is 30.1 Å². The van der Waals surface area contributed by atoms with Gasteiger partial charge in [0.25, 0.3) is 0 Å². The first kappa shape index (κ1) is 13.7. The highest BCUT2D eigenvalue weighted by Gasteiger charge is 2.27. The molecule has 1 saturated carbocycles. The van der Waals surface area contributed by atoms with Crippen LogP contribution >= 0.6 is 0 Å². The zero-order valence-electron chi connectivity index (χ0n) is 12.3. The summed E-state index contributed by atoms with van der Waals surface area (Å²) in [5, 5.41) is 3.32. The van der Waals surface area contributed by atoms with E-state index in [0.717, 1.165) is 23.0 Å². The Labute approximate surface area is 124 Å². The van der Waals surface area contributed by atoms with Crippen LogP contribution in [0, 0.1) is 0 Å². The molecule has 0 amide bonds. The number of rotatable bonds is 6. The van der Waals surface area contributed by atoms with Crippen molar-refractivity contribution >= 4 is 5.82 Å². The van der Waals surface area contributed by atoms with E-state index in [-0.39, 0.29) is 0 Å². The molecule has 3 rings (SSSR count). The third-order valence-electron chi connectivity index (χ3n) is 3.52. The fraction of sp³-hybridized carbons (Fsp3) is 0.375. The number of hydrogen-bond donors (Lipinski definition) is 1. The van der Waals surface area contributed by atoms with Gasteiger partial charge in [-0.2, -0.15) is 4.98 Å². The van der Waals surface area contributed by atoms with Gasteiger partial charge < -0.3 is 14.8 Å². The molecule has 1 aromatic carbocycles. The topological polar surface area (TPSA) is 56.3 Å². The first-order valence-electron chi connectivity index (χ1n) is 7.09. The molecule has 0 atom stereocenters. The highest BCUT2D eigenvalue weighted by molar-refractivity contribution is 5.42. The number of ether oxygens (including phenoxy) is 2. The van der Waals surface area contributed by atoms with Crippen molar-refractivity contribution < 1.29 is 9.47 Å².